The van der Waals surface area contributed by atoms with Gasteiger partial charge < -0.3 is 9.84 Å². The number of carbonyl (C=O) groups is 1. The van der Waals surface area contributed by atoms with E-state index >= 15 is 0 Å². The number of para-hydroxylation sites is 1. The Hall–Kier alpha value is -1.94. The molecule has 0 aliphatic rings. The Morgan fingerprint density at radius 3 is 2.39 bits per heavy atom. The lowest BCUT2D eigenvalue weighted by Crippen LogP contribution is -1.94. The lowest BCUT2D eigenvalue weighted by Gasteiger charge is -2.07. The maximum Gasteiger partial charge on any atom is 0.335 e. The van der Waals surface area contributed by atoms with Gasteiger partial charge >= 0.3 is 5.97 Å². The lowest BCUT2D eigenvalue weighted by molar-refractivity contribution is 0.0697. The average molecular weight is 260 g/mol. The minimum Gasteiger partial charge on any atom is -0.496 e. The van der Waals surface area contributed by atoms with Crippen molar-refractivity contribution in [3.05, 3.63) is 54.1 Å². The molecule has 0 spiro atoms. The van der Waals surface area contributed by atoms with E-state index in [4.69, 9.17) is 9.84 Å². The summed E-state index contributed by atoms with van der Waals surface area (Å²) in [6.45, 7) is 0. The Bertz CT molecular complexity index is 549. The molecule has 2 rings (SSSR count). The van der Waals surface area contributed by atoms with E-state index in [0.717, 1.165) is 15.5 Å². The Morgan fingerprint density at radius 1 is 1.11 bits per heavy atom. The number of carboxylic acid groups (broad SMARTS) is 1. The zero-order chi connectivity index (χ0) is 13.0. The molecule has 18 heavy (non-hydrogen) atoms. The van der Waals surface area contributed by atoms with Gasteiger partial charge in [0.25, 0.3) is 0 Å². The van der Waals surface area contributed by atoms with Gasteiger partial charge in [0.05, 0.1) is 17.6 Å². The first kappa shape index (κ1) is 12.5. The minimum absolute atomic E-state index is 0.291. The van der Waals surface area contributed by atoms with Crippen molar-refractivity contribution in [2.75, 3.05) is 7.11 Å². The number of hydrogen-bond donors (Lipinski definition) is 1. The summed E-state index contributed by atoms with van der Waals surface area (Å²) in [5.41, 5.74) is 0.291. The highest BCUT2D eigenvalue weighted by molar-refractivity contribution is 7.99. The van der Waals surface area contributed by atoms with Gasteiger partial charge in [0.1, 0.15) is 5.75 Å². The van der Waals surface area contributed by atoms with Crippen molar-refractivity contribution in [3.8, 4) is 5.75 Å². The summed E-state index contributed by atoms with van der Waals surface area (Å²) >= 11 is 1.54. The van der Waals surface area contributed by atoms with Crippen LogP contribution < -0.4 is 4.74 Å². The molecule has 2 aromatic rings. The average Bonchev–Trinajstić information content (AvgIpc) is 2.40. The van der Waals surface area contributed by atoms with Crippen LogP contribution in [0.15, 0.2) is 58.3 Å². The number of ether oxygens (including phenoxy) is 1. The van der Waals surface area contributed by atoms with E-state index in [0.29, 0.717) is 5.56 Å². The van der Waals surface area contributed by atoms with Crippen LogP contribution in [-0.4, -0.2) is 18.2 Å². The molecule has 0 atom stereocenters. The van der Waals surface area contributed by atoms with E-state index in [-0.39, 0.29) is 0 Å². The van der Waals surface area contributed by atoms with E-state index in [1.165, 1.54) is 0 Å². The van der Waals surface area contributed by atoms with Crippen molar-refractivity contribution in [1.29, 1.82) is 0 Å². The second-order valence-electron chi connectivity index (χ2n) is 3.58. The van der Waals surface area contributed by atoms with Gasteiger partial charge in [-0.05, 0) is 36.4 Å². The molecule has 0 heterocycles. The van der Waals surface area contributed by atoms with Crippen LogP contribution in [0.3, 0.4) is 0 Å². The van der Waals surface area contributed by atoms with Gasteiger partial charge in [-0.25, -0.2) is 4.79 Å². The van der Waals surface area contributed by atoms with Gasteiger partial charge in [0.2, 0.25) is 0 Å². The van der Waals surface area contributed by atoms with Crippen molar-refractivity contribution in [2.45, 2.75) is 9.79 Å². The predicted molar refractivity (Wildman–Crippen MR) is 70.5 cm³/mol. The van der Waals surface area contributed by atoms with Crippen LogP contribution in [0.1, 0.15) is 10.4 Å². The normalized spacial score (nSPS) is 10.1. The highest BCUT2D eigenvalue weighted by atomic mass is 32.2. The van der Waals surface area contributed by atoms with Gasteiger partial charge in [-0.15, -0.1) is 0 Å². The molecule has 0 radical (unpaired) electrons. The molecule has 0 aromatic heterocycles. The molecule has 0 aliphatic carbocycles. The summed E-state index contributed by atoms with van der Waals surface area (Å²) in [4.78, 5) is 12.7. The van der Waals surface area contributed by atoms with Crippen LogP contribution in [0, 0.1) is 0 Å². The van der Waals surface area contributed by atoms with Crippen molar-refractivity contribution in [1.82, 2.24) is 0 Å². The first-order valence-electron chi connectivity index (χ1n) is 5.35. The molecule has 0 fully saturated rings. The molecule has 0 bridgehead atoms. The summed E-state index contributed by atoms with van der Waals surface area (Å²) in [6.07, 6.45) is 0. The fourth-order valence-electron chi connectivity index (χ4n) is 1.50. The molecule has 92 valence electrons. The second kappa shape index (κ2) is 5.60. The Morgan fingerprint density at radius 2 is 1.78 bits per heavy atom. The summed E-state index contributed by atoms with van der Waals surface area (Å²) in [6, 6.07) is 14.5. The fourth-order valence-corrected chi connectivity index (χ4v) is 2.42. The number of rotatable bonds is 4. The minimum atomic E-state index is -0.913. The molecular weight excluding hydrogens is 248 g/mol. The van der Waals surface area contributed by atoms with E-state index < -0.39 is 5.97 Å². The molecule has 2 aromatic carbocycles. The number of hydrogen-bond acceptors (Lipinski definition) is 3. The summed E-state index contributed by atoms with van der Waals surface area (Å²) in [7, 11) is 1.63. The third-order valence-corrected chi connectivity index (χ3v) is 3.46. The van der Waals surface area contributed by atoms with E-state index in [1.807, 2.05) is 24.3 Å². The maximum atomic E-state index is 10.7. The van der Waals surface area contributed by atoms with Gasteiger partial charge in [0.15, 0.2) is 0 Å². The smallest absolute Gasteiger partial charge is 0.335 e. The van der Waals surface area contributed by atoms with Crippen LogP contribution in [-0.2, 0) is 0 Å². The van der Waals surface area contributed by atoms with Gasteiger partial charge in [-0.2, -0.15) is 0 Å². The van der Waals surface area contributed by atoms with Crippen molar-refractivity contribution in [2.24, 2.45) is 0 Å². The van der Waals surface area contributed by atoms with Crippen LogP contribution in [0.2, 0.25) is 0 Å². The SMILES string of the molecule is COc1ccccc1Sc1ccc(C(=O)O)cc1. The summed E-state index contributed by atoms with van der Waals surface area (Å²) in [5.74, 6) is -0.103. The molecule has 0 saturated carbocycles. The standard InChI is InChI=1S/C14H12O3S/c1-17-12-4-2-3-5-13(12)18-11-8-6-10(7-9-11)14(15)16/h2-9H,1H3,(H,15,16). The number of methoxy groups -OCH3 is 1. The number of benzene rings is 2. The van der Waals surface area contributed by atoms with Crippen LogP contribution in [0.4, 0.5) is 0 Å². The number of carboxylic acids is 1. The summed E-state index contributed by atoms with van der Waals surface area (Å²) in [5, 5.41) is 8.82. The molecule has 1 N–H and O–H groups in total. The van der Waals surface area contributed by atoms with Gasteiger partial charge in [-0.3, -0.25) is 0 Å². The topological polar surface area (TPSA) is 46.5 Å². The predicted octanol–water partition coefficient (Wildman–Crippen LogP) is 3.54. The van der Waals surface area contributed by atoms with E-state index in [1.54, 1.807) is 43.1 Å². The molecule has 0 unspecified atom stereocenters. The molecule has 0 saturated heterocycles. The highest BCUT2D eigenvalue weighted by Gasteiger charge is 2.05. The van der Waals surface area contributed by atoms with Crippen molar-refractivity contribution < 1.29 is 14.6 Å². The molecule has 0 amide bonds. The Kier molecular flexibility index (Phi) is 3.89. The number of aromatic carboxylic acids is 1. The molecule has 0 aliphatic heterocycles. The van der Waals surface area contributed by atoms with Crippen LogP contribution in [0.25, 0.3) is 0 Å². The third-order valence-electron chi connectivity index (χ3n) is 2.40. The first-order valence-corrected chi connectivity index (χ1v) is 6.16. The van der Waals surface area contributed by atoms with Crippen LogP contribution in [0.5, 0.6) is 5.75 Å². The second-order valence-corrected chi connectivity index (χ2v) is 4.70. The zero-order valence-electron chi connectivity index (χ0n) is 9.79. The monoisotopic (exact) mass is 260 g/mol. The summed E-state index contributed by atoms with van der Waals surface area (Å²) < 4.78 is 5.26. The highest BCUT2D eigenvalue weighted by Crippen LogP contribution is 2.34. The maximum absolute atomic E-state index is 10.7. The van der Waals surface area contributed by atoms with E-state index in [2.05, 4.69) is 0 Å². The van der Waals surface area contributed by atoms with Gasteiger partial charge in [-0.1, -0.05) is 23.9 Å². The van der Waals surface area contributed by atoms with Gasteiger partial charge in [0, 0.05) is 4.90 Å². The quantitative estimate of drug-likeness (QED) is 0.913. The first-order chi connectivity index (χ1) is 8.70. The van der Waals surface area contributed by atoms with Crippen molar-refractivity contribution in [3.63, 3.8) is 0 Å². The molecular formula is C14H12O3S. The molecule has 4 heteroatoms. The fraction of sp³-hybridized carbons (Fsp3) is 0.0714. The van der Waals surface area contributed by atoms with Crippen molar-refractivity contribution >= 4 is 17.7 Å². The molecule has 3 nitrogen and oxygen atoms in total. The van der Waals surface area contributed by atoms with Crippen LogP contribution >= 0.6 is 11.8 Å². The zero-order valence-corrected chi connectivity index (χ0v) is 10.6. The Labute approximate surface area is 109 Å². The Balaban J connectivity index is 2.21. The third kappa shape index (κ3) is 2.84. The van der Waals surface area contributed by atoms with E-state index in [9.17, 15) is 4.79 Å². The lowest BCUT2D eigenvalue weighted by atomic mass is 10.2. The largest absolute Gasteiger partial charge is 0.496 e.